The summed E-state index contributed by atoms with van der Waals surface area (Å²) in [6.45, 7) is 4.54. The molecule has 0 saturated heterocycles. The van der Waals surface area contributed by atoms with Crippen molar-refractivity contribution in [2.75, 3.05) is 6.61 Å². The summed E-state index contributed by atoms with van der Waals surface area (Å²) in [5.41, 5.74) is 5.60. The van der Waals surface area contributed by atoms with Crippen molar-refractivity contribution >= 4 is 0 Å². The first kappa shape index (κ1) is 10.9. The molecular formula is C9H21NO. The summed E-state index contributed by atoms with van der Waals surface area (Å²) in [7, 11) is 0. The monoisotopic (exact) mass is 159 g/mol. The molecule has 0 aromatic rings. The van der Waals surface area contributed by atoms with Crippen LogP contribution in [0.15, 0.2) is 0 Å². The van der Waals surface area contributed by atoms with Gasteiger partial charge in [-0.25, -0.2) is 0 Å². The zero-order valence-electron chi connectivity index (χ0n) is 7.71. The molecule has 0 heterocycles. The maximum absolute atomic E-state index is 8.62. The average molecular weight is 159 g/mol. The van der Waals surface area contributed by atoms with Gasteiger partial charge in [0.15, 0.2) is 0 Å². The fourth-order valence-electron chi connectivity index (χ4n) is 1.15. The van der Waals surface area contributed by atoms with Crippen molar-refractivity contribution in [1.82, 2.24) is 0 Å². The van der Waals surface area contributed by atoms with Crippen molar-refractivity contribution in [2.24, 2.45) is 11.7 Å². The Labute approximate surface area is 69.8 Å². The third kappa shape index (κ3) is 7.82. The van der Waals surface area contributed by atoms with Crippen molar-refractivity contribution in [2.45, 2.75) is 45.6 Å². The molecule has 2 atom stereocenters. The van der Waals surface area contributed by atoms with Gasteiger partial charge in [0.05, 0.1) is 0 Å². The molecule has 3 N–H and O–H groups in total. The molecule has 0 bridgehead atoms. The van der Waals surface area contributed by atoms with Crippen LogP contribution in [0.3, 0.4) is 0 Å². The van der Waals surface area contributed by atoms with Gasteiger partial charge in [0.1, 0.15) is 0 Å². The number of aliphatic hydroxyl groups excluding tert-OH is 1. The van der Waals surface area contributed by atoms with Crippen molar-refractivity contribution in [3.8, 4) is 0 Å². The molecule has 0 aliphatic carbocycles. The van der Waals surface area contributed by atoms with E-state index in [0.717, 1.165) is 12.8 Å². The van der Waals surface area contributed by atoms with E-state index in [1.165, 1.54) is 12.8 Å². The molecule has 0 aliphatic heterocycles. The molecule has 0 spiro atoms. The van der Waals surface area contributed by atoms with Crippen molar-refractivity contribution in [1.29, 1.82) is 0 Å². The summed E-state index contributed by atoms with van der Waals surface area (Å²) in [6.07, 6.45) is 4.43. The lowest BCUT2D eigenvalue weighted by Gasteiger charge is -2.09. The van der Waals surface area contributed by atoms with Gasteiger partial charge in [0.2, 0.25) is 0 Å². The first-order valence-corrected chi connectivity index (χ1v) is 4.53. The number of nitrogens with two attached hydrogens (primary N) is 1. The van der Waals surface area contributed by atoms with Crippen LogP contribution in [-0.4, -0.2) is 17.8 Å². The fourth-order valence-corrected chi connectivity index (χ4v) is 1.15. The predicted octanol–water partition coefficient (Wildman–Crippen LogP) is 1.52. The Kier molecular flexibility index (Phi) is 6.57. The Morgan fingerprint density at radius 3 is 2.27 bits per heavy atom. The lowest BCUT2D eigenvalue weighted by atomic mass is 10.00. The maximum Gasteiger partial charge on any atom is 0.0433 e. The van der Waals surface area contributed by atoms with Gasteiger partial charge in [-0.05, 0) is 25.7 Å². The summed E-state index contributed by atoms with van der Waals surface area (Å²) in [5.74, 6) is 0.652. The summed E-state index contributed by atoms with van der Waals surface area (Å²) >= 11 is 0. The van der Waals surface area contributed by atoms with Crippen LogP contribution < -0.4 is 5.73 Å². The highest BCUT2D eigenvalue weighted by Crippen LogP contribution is 2.11. The van der Waals surface area contributed by atoms with Crippen molar-refractivity contribution < 1.29 is 5.11 Å². The quantitative estimate of drug-likeness (QED) is 0.617. The van der Waals surface area contributed by atoms with Crippen LogP contribution >= 0.6 is 0 Å². The molecule has 0 amide bonds. The van der Waals surface area contributed by atoms with Crippen LogP contribution in [0.4, 0.5) is 0 Å². The molecule has 0 fully saturated rings. The molecule has 0 rings (SSSR count). The molecular weight excluding hydrogens is 138 g/mol. The van der Waals surface area contributed by atoms with Crippen LogP contribution in [0.1, 0.15) is 39.5 Å². The van der Waals surface area contributed by atoms with E-state index in [9.17, 15) is 0 Å². The highest BCUT2D eigenvalue weighted by molar-refractivity contribution is 4.57. The standard InChI is InChI=1S/C9H21NO/c1-8(6-7-11)4-3-5-9(2)10/h8-9,11H,3-7,10H2,1-2H3. The van der Waals surface area contributed by atoms with Crippen LogP contribution in [-0.2, 0) is 0 Å². The van der Waals surface area contributed by atoms with E-state index >= 15 is 0 Å². The zero-order valence-corrected chi connectivity index (χ0v) is 7.71. The smallest absolute Gasteiger partial charge is 0.0433 e. The fraction of sp³-hybridized carbons (Fsp3) is 1.00. The molecule has 0 aromatic carbocycles. The van der Waals surface area contributed by atoms with E-state index < -0.39 is 0 Å². The minimum atomic E-state index is 0.319. The summed E-state index contributed by atoms with van der Waals surface area (Å²) in [5, 5.41) is 8.62. The van der Waals surface area contributed by atoms with Gasteiger partial charge >= 0.3 is 0 Å². The Morgan fingerprint density at radius 1 is 1.18 bits per heavy atom. The summed E-state index contributed by atoms with van der Waals surface area (Å²) in [4.78, 5) is 0. The highest BCUT2D eigenvalue weighted by Gasteiger charge is 2.01. The SMILES string of the molecule is CC(N)CCCC(C)CCO. The highest BCUT2D eigenvalue weighted by atomic mass is 16.2. The molecule has 11 heavy (non-hydrogen) atoms. The molecule has 0 radical (unpaired) electrons. The molecule has 68 valence electrons. The van der Waals surface area contributed by atoms with Crippen LogP contribution in [0, 0.1) is 5.92 Å². The first-order valence-electron chi connectivity index (χ1n) is 4.53. The maximum atomic E-state index is 8.62. The minimum absolute atomic E-state index is 0.319. The minimum Gasteiger partial charge on any atom is -0.396 e. The average Bonchev–Trinajstić information content (AvgIpc) is 1.87. The largest absolute Gasteiger partial charge is 0.396 e. The third-order valence-electron chi connectivity index (χ3n) is 1.98. The van der Waals surface area contributed by atoms with Crippen LogP contribution in [0.2, 0.25) is 0 Å². The molecule has 0 aliphatic rings. The zero-order chi connectivity index (χ0) is 8.69. The molecule has 0 aromatic heterocycles. The van der Waals surface area contributed by atoms with Gasteiger partial charge < -0.3 is 10.8 Å². The number of hydrogen-bond acceptors (Lipinski definition) is 2. The van der Waals surface area contributed by atoms with E-state index in [2.05, 4.69) is 6.92 Å². The second-order valence-corrected chi connectivity index (χ2v) is 3.53. The number of hydrogen-bond donors (Lipinski definition) is 2. The summed E-state index contributed by atoms with van der Waals surface area (Å²) < 4.78 is 0. The molecule has 0 saturated carbocycles. The summed E-state index contributed by atoms with van der Waals surface area (Å²) in [6, 6.07) is 0.330. The lowest BCUT2D eigenvalue weighted by molar-refractivity contribution is 0.256. The van der Waals surface area contributed by atoms with Gasteiger partial charge in [-0.15, -0.1) is 0 Å². The van der Waals surface area contributed by atoms with E-state index in [1.807, 2.05) is 6.92 Å². The van der Waals surface area contributed by atoms with Gasteiger partial charge in [-0.3, -0.25) is 0 Å². The van der Waals surface area contributed by atoms with E-state index in [1.54, 1.807) is 0 Å². The third-order valence-corrected chi connectivity index (χ3v) is 1.98. The Balaban J connectivity index is 3.10. The normalized spacial score (nSPS) is 16.4. The second kappa shape index (κ2) is 6.62. The van der Waals surface area contributed by atoms with Gasteiger partial charge in [-0.1, -0.05) is 19.8 Å². The van der Waals surface area contributed by atoms with Crippen molar-refractivity contribution in [3.63, 3.8) is 0 Å². The van der Waals surface area contributed by atoms with E-state index in [0.29, 0.717) is 18.6 Å². The van der Waals surface area contributed by atoms with Gasteiger partial charge in [-0.2, -0.15) is 0 Å². The Hall–Kier alpha value is -0.0800. The Bertz CT molecular complexity index is 83.6. The van der Waals surface area contributed by atoms with Gasteiger partial charge in [0.25, 0.3) is 0 Å². The molecule has 2 heteroatoms. The molecule has 2 unspecified atom stereocenters. The van der Waals surface area contributed by atoms with Gasteiger partial charge in [0, 0.05) is 12.6 Å². The Morgan fingerprint density at radius 2 is 1.82 bits per heavy atom. The second-order valence-electron chi connectivity index (χ2n) is 3.53. The topological polar surface area (TPSA) is 46.2 Å². The number of aliphatic hydroxyl groups is 1. The van der Waals surface area contributed by atoms with Crippen LogP contribution in [0.25, 0.3) is 0 Å². The van der Waals surface area contributed by atoms with Crippen LogP contribution in [0.5, 0.6) is 0 Å². The van der Waals surface area contributed by atoms with E-state index in [4.69, 9.17) is 10.8 Å². The number of rotatable bonds is 6. The van der Waals surface area contributed by atoms with Crippen molar-refractivity contribution in [3.05, 3.63) is 0 Å². The first-order chi connectivity index (χ1) is 5.16. The molecule has 2 nitrogen and oxygen atoms in total. The predicted molar refractivity (Wildman–Crippen MR) is 48.4 cm³/mol. The lowest BCUT2D eigenvalue weighted by Crippen LogP contribution is -2.14. The van der Waals surface area contributed by atoms with E-state index in [-0.39, 0.29) is 0 Å².